The van der Waals surface area contributed by atoms with Crippen molar-refractivity contribution < 1.29 is 4.79 Å². The molecule has 3 rings (SSSR count). The van der Waals surface area contributed by atoms with Crippen LogP contribution in [0.5, 0.6) is 0 Å². The van der Waals surface area contributed by atoms with Crippen molar-refractivity contribution in [2.75, 3.05) is 18.4 Å². The number of anilines is 2. The van der Waals surface area contributed by atoms with Crippen molar-refractivity contribution in [1.82, 2.24) is 14.9 Å². The van der Waals surface area contributed by atoms with Gasteiger partial charge in [0.05, 0.1) is 5.69 Å². The summed E-state index contributed by atoms with van der Waals surface area (Å²) in [7, 11) is 0. The molecule has 2 aromatic rings. The second-order valence-corrected chi connectivity index (χ2v) is 7.00. The van der Waals surface area contributed by atoms with Crippen LogP contribution in [0.2, 0.25) is 0 Å². The van der Waals surface area contributed by atoms with Crippen molar-refractivity contribution in [2.24, 2.45) is 0 Å². The van der Waals surface area contributed by atoms with Crippen LogP contribution in [0.1, 0.15) is 41.1 Å². The Morgan fingerprint density at radius 3 is 2.58 bits per heavy atom. The van der Waals surface area contributed by atoms with Gasteiger partial charge in [-0.2, -0.15) is 0 Å². The van der Waals surface area contributed by atoms with Gasteiger partial charge in [0.2, 0.25) is 0 Å². The van der Waals surface area contributed by atoms with Crippen LogP contribution in [0, 0.1) is 13.8 Å². The van der Waals surface area contributed by atoms with Crippen LogP contribution >= 0.6 is 15.9 Å². The number of nitrogens with one attached hydrogen (secondary N) is 1. The van der Waals surface area contributed by atoms with E-state index in [0.29, 0.717) is 17.3 Å². The predicted molar refractivity (Wildman–Crippen MR) is 98.7 cm³/mol. The molecule has 0 atom stereocenters. The lowest BCUT2D eigenvalue weighted by Gasteiger charge is -2.26. The monoisotopic (exact) mass is 388 g/mol. The molecular formula is C18H21BrN4O. The average Bonchev–Trinajstić information content (AvgIpc) is 2.57. The topological polar surface area (TPSA) is 58.1 Å². The van der Waals surface area contributed by atoms with E-state index in [0.717, 1.165) is 36.1 Å². The summed E-state index contributed by atoms with van der Waals surface area (Å²) in [5.41, 5.74) is 2.54. The Hall–Kier alpha value is -1.95. The fraction of sp³-hybridized carbons (Fsp3) is 0.389. The van der Waals surface area contributed by atoms with Gasteiger partial charge in [-0.1, -0.05) is 6.07 Å². The number of aryl methyl sites for hydroxylation is 2. The zero-order chi connectivity index (χ0) is 17.1. The van der Waals surface area contributed by atoms with Gasteiger partial charge in [0.15, 0.2) is 0 Å². The molecule has 1 aliphatic heterocycles. The number of nitrogens with zero attached hydrogens (tertiary/aromatic N) is 3. The number of likely N-dealkylation sites (tertiary alicyclic amines) is 1. The molecule has 0 radical (unpaired) electrons. The van der Waals surface area contributed by atoms with Crippen molar-refractivity contribution >= 4 is 33.3 Å². The Labute approximate surface area is 150 Å². The first-order valence-electron chi connectivity index (χ1n) is 8.21. The van der Waals surface area contributed by atoms with Gasteiger partial charge >= 0.3 is 0 Å². The van der Waals surface area contributed by atoms with Crippen molar-refractivity contribution in [1.29, 1.82) is 0 Å². The molecule has 0 unspecified atom stereocenters. The summed E-state index contributed by atoms with van der Waals surface area (Å²) in [6.45, 7) is 5.48. The normalized spacial score (nSPS) is 14.5. The standard InChI is InChI=1S/C18H21BrN4O/c1-12-6-7-15(14(19)10-12)22-17-11-16(20-13(2)21-17)18(24)23-8-4-3-5-9-23/h6-7,10-11H,3-5,8-9H2,1-2H3,(H,20,21,22). The fourth-order valence-corrected chi connectivity index (χ4v) is 3.45. The number of hydrogen-bond acceptors (Lipinski definition) is 4. The molecular weight excluding hydrogens is 368 g/mol. The van der Waals surface area contributed by atoms with E-state index < -0.39 is 0 Å². The number of piperidine rings is 1. The van der Waals surface area contributed by atoms with E-state index in [1.165, 1.54) is 12.0 Å². The molecule has 24 heavy (non-hydrogen) atoms. The third-order valence-corrected chi connectivity index (χ3v) is 4.74. The first-order valence-corrected chi connectivity index (χ1v) is 9.00. The molecule has 1 aromatic heterocycles. The van der Waals surface area contributed by atoms with E-state index in [1.54, 1.807) is 6.07 Å². The van der Waals surface area contributed by atoms with Crippen LogP contribution < -0.4 is 5.32 Å². The molecule has 1 aliphatic rings. The van der Waals surface area contributed by atoms with Crippen molar-refractivity contribution in [2.45, 2.75) is 33.1 Å². The minimum atomic E-state index is -0.00813. The molecule has 0 aliphatic carbocycles. The zero-order valence-electron chi connectivity index (χ0n) is 14.0. The van der Waals surface area contributed by atoms with Gasteiger partial charge in [-0.15, -0.1) is 0 Å². The Bertz CT molecular complexity index is 757. The highest BCUT2D eigenvalue weighted by Crippen LogP contribution is 2.26. The maximum absolute atomic E-state index is 12.7. The van der Waals surface area contributed by atoms with Crippen LogP contribution in [0.25, 0.3) is 0 Å². The summed E-state index contributed by atoms with van der Waals surface area (Å²) in [6.07, 6.45) is 3.33. The van der Waals surface area contributed by atoms with E-state index in [4.69, 9.17) is 0 Å². The molecule has 5 nitrogen and oxygen atoms in total. The highest BCUT2D eigenvalue weighted by Gasteiger charge is 2.20. The number of aromatic nitrogens is 2. The van der Waals surface area contributed by atoms with Crippen LogP contribution in [-0.2, 0) is 0 Å². The van der Waals surface area contributed by atoms with Crippen LogP contribution in [0.4, 0.5) is 11.5 Å². The minimum Gasteiger partial charge on any atom is -0.339 e. The number of halogens is 1. The van der Waals surface area contributed by atoms with Gasteiger partial charge < -0.3 is 10.2 Å². The summed E-state index contributed by atoms with van der Waals surface area (Å²) in [5.74, 6) is 1.21. The Morgan fingerprint density at radius 1 is 1.12 bits per heavy atom. The molecule has 0 spiro atoms. The molecule has 126 valence electrons. The Morgan fingerprint density at radius 2 is 1.88 bits per heavy atom. The lowest BCUT2D eigenvalue weighted by molar-refractivity contribution is 0.0718. The molecule has 0 bridgehead atoms. The highest BCUT2D eigenvalue weighted by molar-refractivity contribution is 9.10. The van der Waals surface area contributed by atoms with Crippen LogP contribution in [-0.4, -0.2) is 33.9 Å². The highest BCUT2D eigenvalue weighted by atomic mass is 79.9. The Balaban J connectivity index is 1.84. The SMILES string of the molecule is Cc1ccc(Nc2cc(C(=O)N3CCCCC3)nc(C)n2)c(Br)c1. The summed E-state index contributed by atoms with van der Waals surface area (Å²) >= 11 is 3.55. The van der Waals surface area contributed by atoms with E-state index in [9.17, 15) is 4.79 Å². The molecule has 1 amide bonds. The average molecular weight is 389 g/mol. The summed E-state index contributed by atoms with van der Waals surface area (Å²) in [6, 6.07) is 7.79. The summed E-state index contributed by atoms with van der Waals surface area (Å²) in [5, 5.41) is 3.27. The first-order chi connectivity index (χ1) is 11.5. The maximum Gasteiger partial charge on any atom is 0.272 e. The predicted octanol–water partition coefficient (Wildman–Crippen LogP) is 4.23. The number of carbonyl (C=O) groups excluding carboxylic acids is 1. The minimum absolute atomic E-state index is 0.00813. The van der Waals surface area contributed by atoms with Crippen molar-refractivity contribution in [3.8, 4) is 0 Å². The number of carbonyl (C=O) groups is 1. The van der Waals surface area contributed by atoms with Crippen molar-refractivity contribution in [3.63, 3.8) is 0 Å². The van der Waals surface area contributed by atoms with E-state index in [-0.39, 0.29) is 5.91 Å². The zero-order valence-corrected chi connectivity index (χ0v) is 15.6. The molecule has 2 heterocycles. The van der Waals surface area contributed by atoms with Gasteiger partial charge in [0.25, 0.3) is 5.91 Å². The third kappa shape index (κ3) is 3.93. The number of rotatable bonds is 3. The van der Waals surface area contributed by atoms with E-state index in [1.807, 2.05) is 36.9 Å². The van der Waals surface area contributed by atoms with Crippen LogP contribution in [0.3, 0.4) is 0 Å². The molecule has 0 saturated carbocycles. The lowest BCUT2D eigenvalue weighted by Crippen LogP contribution is -2.36. The second kappa shape index (κ2) is 7.30. The lowest BCUT2D eigenvalue weighted by atomic mass is 10.1. The van der Waals surface area contributed by atoms with Gasteiger partial charge in [0, 0.05) is 23.6 Å². The molecule has 1 aromatic carbocycles. The molecule has 6 heteroatoms. The smallest absolute Gasteiger partial charge is 0.272 e. The number of amides is 1. The summed E-state index contributed by atoms with van der Waals surface area (Å²) < 4.78 is 0.961. The number of benzene rings is 1. The third-order valence-electron chi connectivity index (χ3n) is 4.09. The molecule has 1 saturated heterocycles. The second-order valence-electron chi connectivity index (χ2n) is 6.15. The first kappa shape index (κ1) is 16.9. The van der Waals surface area contributed by atoms with Crippen LogP contribution in [0.15, 0.2) is 28.7 Å². The fourth-order valence-electron chi connectivity index (χ4n) is 2.86. The molecule has 1 N–H and O–H groups in total. The van der Waals surface area contributed by atoms with Gasteiger partial charge in [0.1, 0.15) is 17.3 Å². The largest absolute Gasteiger partial charge is 0.339 e. The van der Waals surface area contributed by atoms with E-state index >= 15 is 0 Å². The van der Waals surface area contributed by atoms with E-state index in [2.05, 4.69) is 31.2 Å². The van der Waals surface area contributed by atoms with Gasteiger partial charge in [-0.25, -0.2) is 9.97 Å². The van der Waals surface area contributed by atoms with Gasteiger partial charge in [-0.3, -0.25) is 4.79 Å². The Kier molecular flexibility index (Phi) is 5.14. The van der Waals surface area contributed by atoms with Crippen molar-refractivity contribution in [3.05, 3.63) is 45.8 Å². The maximum atomic E-state index is 12.7. The van der Waals surface area contributed by atoms with Gasteiger partial charge in [-0.05, 0) is 66.7 Å². The summed E-state index contributed by atoms with van der Waals surface area (Å²) in [4.78, 5) is 23.3. The quantitative estimate of drug-likeness (QED) is 0.854. The number of hydrogen-bond donors (Lipinski definition) is 1. The molecule has 1 fully saturated rings.